The molecule has 2 unspecified atom stereocenters. The van der Waals surface area contributed by atoms with Crippen LogP contribution >= 0.6 is 0 Å². The fraction of sp³-hybridized carbons (Fsp3) is 0.444. The Kier molecular flexibility index (Phi) is 4.30. The fourth-order valence-corrected chi connectivity index (χ4v) is 2.76. The molecular weight excluding hydrogens is 262 g/mol. The van der Waals surface area contributed by atoms with Gasteiger partial charge in [0.25, 0.3) is 0 Å². The fourth-order valence-electron chi connectivity index (χ4n) is 2.76. The normalized spacial score (nSPS) is 27.6. The van der Waals surface area contributed by atoms with E-state index in [0.29, 0.717) is 13.2 Å². The van der Waals surface area contributed by atoms with Gasteiger partial charge in [0.15, 0.2) is 0 Å². The summed E-state index contributed by atoms with van der Waals surface area (Å²) in [4.78, 5) is 5.33. The molecule has 0 amide bonds. The molecule has 1 N–H and O–H groups in total. The van der Waals surface area contributed by atoms with Crippen molar-refractivity contribution in [2.45, 2.75) is 26.7 Å². The van der Waals surface area contributed by atoms with Gasteiger partial charge in [-0.05, 0) is 42.7 Å². The lowest BCUT2D eigenvalue weighted by molar-refractivity contribution is -0.0559. The minimum absolute atomic E-state index is 0.577. The molecule has 1 aliphatic carbocycles. The van der Waals surface area contributed by atoms with Crippen LogP contribution in [-0.2, 0) is 9.57 Å². The van der Waals surface area contributed by atoms with Crippen molar-refractivity contribution in [2.24, 2.45) is 11.8 Å². The van der Waals surface area contributed by atoms with Gasteiger partial charge in [-0.25, -0.2) is 5.48 Å². The van der Waals surface area contributed by atoms with Crippen LogP contribution in [0, 0.1) is 11.8 Å². The minimum Gasteiger partial charge on any atom is -0.475 e. The Morgan fingerprint density at radius 3 is 2.67 bits per heavy atom. The number of hydrogen-bond donors (Lipinski definition) is 1. The Labute approximate surface area is 126 Å². The van der Waals surface area contributed by atoms with E-state index in [9.17, 15) is 0 Å². The van der Waals surface area contributed by atoms with Crippen molar-refractivity contribution in [3.8, 4) is 0 Å². The summed E-state index contributed by atoms with van der Waals surface area (Å²) >= 11 is 0. The SMILES string of the molecule is CC(=C/CC1CC1C)/C(=C1/NOCCO1)c1ccccc1. The van der Waals surface area contributed by atoms with Gasteiger partial charge in [0, 0.05) is 5.57 Å². The van der Waals surface area contributed by atoms with Crippen LogP contribution in [0.4, 0.5) is 0 Å². The maximum absolute atomic E-state index is 5.76. The van der Waals surface area contributed by atoms with Gasteiger partial charge in [-0.2, -0.15) is 0 Å². The molecule has 2 fully saturated rings. The summed E-state index contributed by atoms with van der Waals surface area (Å²) in [6, 6.07) is 10.4. The zero-order valence-corrected chi connectivity index (χ0v) is 12.8. The molecule has 1 aromatic carbocycles. The number of benzene rings is 1. The topological polar surface area (TPSA) is 30.5 Å². The molecule has 0 aromatic heterocycles. The highest BCUT2D eigenvalue weighted by molar-refractivity contribution is 5.79. The molecule has 3 rings (SSSR count). The van der Waals surface area contributed by atoms with Crippen molar-refractivity contribution in [2.75, 3.05) is 13.2 Å². The average molecular weight is 285 g/mol. The second-order valence-corrected chi connectivity index (χ2v) is 5.97. The van der Waals surface area contributed by atoms with Crippen LogP contribution < -0.4 is 5.48 Å². The number of hydrogen-bond acceptors (Lipinski definition) is 3. The Morgan fingerprint density at radius 2 is 2.05 bits per heavy atom. The van der Waals surface area contributed by atoms with Crippen molar-refractivity contribution in [3.63, 3.8) is 0 Å². The van der Waals surface area contributed by atoms with E-state index in [1.807, 2.05) is 6.07 Å². The van der Waals surface area contributed by atoms with Gasteiger partial charge in [-0.3, -0.25) is 4.84 Å². The number of allylic oxidation sites excluding steroid dienone is 3. The molecule has 21 heavy (non-hydrogen) atoms. The summed E-state index contributed by atoms with van der Waals surface area (Å²) in [6.45, 7) is 5.64. The zero-order valence-electron chi connectivity index (χ0n) is 12.8. The molecule has 2 aliphatic rings. The van der Waals surface area contributed by atoms with Crippen molar-refractivity contribution in [1.29, 1.82) is 0 Å². The van der Waals surface area contributed by atoms with E-state index >= 15 is 0 Å². The van der Waals surface area contributed by atoms with E-state index in [1.54, 1.807) is 0 Å². The third kappa shape index (κ3) is 3.48. The van der Waals surface area contributed by atoms with E-state index in [1.165, 1.54) is 12.0 Å². The van der Waals surface area contributed by atoms with Crippen LogP contribution in [0.2, 0.25) is 0 Å². The molecule has 112 valence electrons. The first kappa shape index (κ1) is 14.2. The first-order valence-corrected chi connectivity index (χ1v) is 7.73. The van der Waals surface area contributed by atoms with E-state index < -0.39 is 0 Å². The van der Waals surface area contributed by atoms with Gasteiger partial charge in [-0.1, -0.05) is 43.3 Å². The van der Waals surface area contributed by atoms with Gasteiger partial charge < -0.3 is 4.74 Å². The van der Waals surface area contributed by atoms with Crippen LogP contribution in [0.25, 0.3) is 5.57 Å². The van der Waals surface area contributed by atoms with Crippen LogP contribution in [0.5, 0.6) is 0 Å². The lowest BCUT2D eigenvalue weighted by atomic mass is 9.98. The standard InChI is InChI=1S/C18H23NO2/c1-13(8-9-16-12-14(16)2)17(15-6-4-3-5-7-15)18-19-21-11-10-20-18/h3-8,14,16,19H,9-12H2,1-2H3/b13-8-,18-17+. The second-order valence-electron chi connectivity index (χ2n) is 5.97. The zero-order chi connectivity index (χ0) is 14.7. The number of rotatable bonds is 4. The highest BCUT2D eigenvalue weighted by atomic mass is 16.7. The van der Waals surface area contributed by atoms with E-state index in [4.69, 9.17) is 9.57 Å². The Morgan fingerprint density at radius 1 is 1.29 bits per heavy atom. The molecule has 1 aromatic rings. The predicted molar refractivity (Wildman–Crippen MR) is 84.0 cm³/mol. The second kappa shape index (κ2) is 6.35. The number of ether oxygens (including phenoxy) is 1. The Bertz CT molecular complexity index is 540. The lowest BCUT2D eigenvalue weighted by Crippen LogP contribution is -2.27. The molecule has 1 saturated heterocycles. The third-order valence-electron chi connectivity index (χ3n) is 4.28. The summed E-state index contributed by atoms with van der Waals surface area (Å²) in [5.74, 6) is 2.47. The minimum atomic E-state index is 0.577. The summed E-state index contributed by atoms with van der Waals surface area (Å²) in [7, 11) is 0. The molecule has 2 atom stereocenters. The molecule has 0 bridgehead atoms. The van der Waals surface area contributed by atoms with Crippen molar-refractivity contribution in [3.05, 3.63) is 53.4 Å². The first-order valence-electron chi connectivity index (χ1n) is 7.73. The maximum Gasteiger partial charge on any atom is 0.219 e. The average Bonchev–Trinajstić information content (AvgIpc) is 3.23. The predicted octanol–water partition coefficient (Wildman–Crippen LogP) is 3.90. The Hall–Kier alpha value is -1.74. The van der Waals surface area contributed by atoms with Gasteiger partial charge >= 0.3 is 0 Å². The van der Waals surface area contributed by atoms with E-state index in [-0.39, 0.29) is 0 Å². The van der Waals surface area contributed by atoms with Crippen LogP contribution in [0.15, 0.2) is 47.9 Å². The molecule has 1 saturated carbocycles. The van der Waals surface area contributed by atoms with Gasteiger partial charge in [0.1, 0.15) is 13.2 Å². The van der Waals surface area contributed by atoms with Gasteiger partial charge in [-0.15, -0.1) is 0 Å². The molecule has 0 radical (unpaired) electrons. The van der Waals surface area contributed by atoms with E-state index in [0.717, 1.165) is 35.3 Å². The molecule has 3 heteroatoms. The number of nitrogens with one attached hydrogen (secondary N) is 1. The van der Waals surface area contributed by atoms with Gasteiger partial charge in [0.2, 0.25) is 5.88 Å². The van der Waals surface area contributed by atoms with Crippen LogP contribution in [0.3, 0.4) is 0 Å². The highest BCUT2D eigenvalue weighted by Gasteiger charge is 2.31. The monoisotopic (exact) mass is 285 g/mol. The van der Waals surface area contributed by atoms with E-state index in [2.05, 4.69) is 49.7 Å². The maximum atomic E-state index is 5.76. The molecular formula is C18H23NO2. The van der Waals surface area contributed by atoms with Crippen molar-refractivity contribution in [1.82, 2.24) is 5.48 Å². The molecule has 1 aliphatic heterocycles. The van der Waals surface area contributed by atoms with Crippen molar-refractivity contribution >= 4 is 5.57 Å². The summed E-state index contributed by atoms with van der Waals surface area (Å²) in [5, 5.41) is 0. The van der Waals surface area contributed by atoms with Gasteiger partial charge in [0.05, 0.1) is 0 Å². The molecule has 1 heterocycles. The largest absolute Gasteiger partial charge is 0.475 e. The van der Waals surface area contributed by atoms with Crippen molar-refractivity contribution < 1.29 is 9.57 Å². The quantitative estimate of drug-likeness (QED) is 0.910. The first-order chi connectivity index (χ1) is 10.3. The van der Waals surface area contributed by atoms with Crippen LogP contribution in [0.1, 0.15) is 32.3 Å². The summed E-state index contributed by atoms with van der Waals surface area (Å²) < 4.78 is 5.76. The molecule has 3 nitrogen and oxygen atoms in total. The summed E-state index contributed by atoms with van der Waals surface area (Å²) in [5.41, 5.74) is 6.43. The molecule has 0 spiro atoms. The summed E-state index contributed by atoms with van der Waals surface area (Å²) in [6.07, 6.45) is 4.85. The lowest BCUT2D eigenvalue weighted by Gasteiger charge is -2.22. The highest BCUT2D eigenvalue weighted by Crippen LogP contribution is 2.41. The number of hydroxylamine groups is 1. The third-order valence-corrected chi connectivity index (χ3v) is 4.28. The smallest absolute Gasteiger partial charge is 0.219 e. The van der Waals surface area contributed by atoms with Crippen LogP contribution in [-0.4, -0.2) is 13.2 Å². The Balaban J connectivity index is 1.88.